The van der Waals surface area contributed by atoms with Gasteiger partial charge in [0.15, 0.2) is 0 Å². The van der Waals surface area contributed by atoms with Crippen molar-refractivity contribution in [2.75, 3.05) is 26.7 Å². The van der Waals surface area contributed by atoms with Crippen LogP contribution in [0.25, 0.3) is 10.9 Å². The molecule has 1 aliphatic heterocycles. The van der Waals surface area contributed by atoms with Crippen molar-refractivity contribution < 1.29 is 9.53 Å². The van der Waals surface area contributed by atoms with E-state index >= 15 is 0 Å². The number of H-pyrrole nitrogens is 1. The van der Waals surface area contributed by atoms with Gasteiger partial charge in [0.25, 0.3) is 5.56 Å². The third-order valence-electron chi connectivity index (χ3n) is 4.53. The molecule has 0 radical (unpaired) electrons. The zero-order valence-electron chi connectivity index (χ0n) is 14.1. The molecule has 0 bridgehead atoms. The molecule has 2 aromatic rings. The van der Waals surface area contributed by atoms with Crippen LogP contribution in [-0.2, 0) is 11.3 Å². The maximum Gasteiger partial charge on any atom is 0.252 e. The average molecular weight is 329 g/mol. The van der Waals surface area contributed by atoms with Crippen LogP contribution in [0.3, 0.4) is 0 Å². The molecule has 6 nitrogen and oxygen atoms in total. The third kappa shape index (κ3) is 3.76. The van der Waals surface area contributed by atoms with Crippen molar-refractivity contribution in [1.29, 1.82) is 0 Å². The Morgan fingerprint density at radius 1 is 1.42 bits per heavy atom. The fourth-order valence-electron chi connectivity index (χ4n) is 3.23. The van der Waals surface area contributed by atoms with Crippen molar-refractivity contribution in [3.63, 3.8) is 0 Å². The van der Waals surface area contributed by atoms with Crippen LogP contribution in [-0.4, -0.2) is 42.5 Å². The number of pyridine rings is 1. The Balaban J connectivity index is 1.72. The van der Waals surface area contributed by atoms with Gasteiger partial charge in [-0.25, -0.2) is 0 Å². The molecule has 1 saturated heterocycles. The summed E-state index contributed by atoms with van der Waals surface area (Å²) in [4.78, 5) is 28.5. The van der Waals surface area contributed by atoms with Crippen molar-refractivity contribution in [1.82, 2.24) is 15.2 Å². The van der Waals surface area contributed by atoms with E-state index in [0.29, 0.717) is 19.0 Å². The predicted octanol–water partition coefficient (Wildman–Crippen LogP) is 1.49. The molecule has 0 unspecified atom stereocenters. The molecule has 0 saturated carbocycles. The van der Waals surface area contributed by atoms with Gasteiger partial charge in [0.1, 0.15) is 5.75 Å². The Kier molecular flexibility index (Phi) is 4.85. The molecule has 1 atom stereocenters. The minimum Gasteiger partial charge on any atom is -0.497 e. The second kappa shape index (κ2) is 7.05. The van der Waals surface area contributed by atoms with E-state index in [-0.39, 0.29) is 11.5 Å². The number of carbonyl (C=O) groups is 1. The van der Waals surface area contributed by atoms with Crippen molar-refractivity contribution in [2.45, 2.75) is 19.9 Å². The van der Waals surface area contributed by atoms with Crippen LogP contribution in [0.15, 0.2) is 29.1 Å². The van der Waals surface area contributed by atoms with Crippen molar-refractivity contribution in [3.05, 3.63) is 40.2 Å². The largest absolute Gasteiger partial charge is 0.497 e. The van der Waals surface area contributed by atoms with Gasteiger partial charge >= 0.3 is 0 Å². The number of fused-ring (bicyclic) bond motifs is 1. The fourth-order valence-corrected chi connectivity index (χ4v) is 3.23. The molecule has 0 aliphatic carbocycles. The van der Waals surface area contributed by atoms with Crippen LogP contribution >= 0.6 is 0 Å². The summed E-state index contributed by atoms with van der Waals surface area (Å²) in [6.07, 6.45) is 1.04. The smallest absolute Gasteiger partial charge is 0.252 e. The van der Waals surface area contributed by atoms with Crippen LogP contribution in [0.1, 0.15) is 18.9 Å². The van der Waals surface area contributed by atoms with E-state index in [1.54, 1.807) is 7.11 Å². The second-order valence-corrected chi connectivity index (χ2v) is 6.40. The number of aromatic nitrogens is 1. The predicted molar refractivity (Wildman–Crippen MR) is 93.2 cm³/mol. The Morgan fingerprint density at radius 3 is 3.00 bits per heavy atom. The Bertz CT molecular complexity index is 800. The number of nitrogens with zero attached hydrogens (tertiary/aromatic N) is 1. The Labute approximate surface area is 140 Å². The summed E-state index contributed by atoms with van der Waals surface area (Å²) >= 11 is 0. The fraction of sp³-hybridized carbons (Fsp3) is 0.444. The molecule has 6 heteroatoms. The number of rotatable bonds is 5. The monoisotopic (exact) mass is 329 g/mol. The number of nitrogens with one attached hydrogen (secondary N) is 2. The number of ether oxygens (including phenoxy) is 1. The second-order valence-electron chi connectivity index (χ2n) is 6.40. The number of hydrogen-bond acceptors (Lipinski definition) is 4. The quantitative estimate of drug-likeness (QED) is 0.872. The van der Waals surface area contributed by atoms with Gasteiger partial charge in [-0.1, -0.05) is 0 Å². The Hall–Kier alpha value is -2.34. The van der Waals surface area contributed by atoms with Crippen molar-refractivity contribution >= 4 is 16.8 Å². The molecular weight excluding hydrogens is 306 g/mol. The summed E-state index contributed by atoms with van der Waals surface area (Å²) in [5, 5.41) is 3.84. The lowest BCUT2D eigenvalue weighted by Crippen LogP contribution is -2.30. The number of amides is 1. The Morgan fingerprint density at radius 2 is 2.25 bits per heavy atom. The zero-order valence-corrected chi connectivity index (χ0v) is 14.1. The highest BCUT2D eigenvalue weighted by molar-refractivity contribution is 5.80. The highest BCUT2D eigenvalue weighted by Gasteiger charge is 2.23. The van der Waals surface area contributed by atoms with E-state index < -0.39 is 0 Å². The molecule has 1 aromatic carbocycles. The molecule has 2 N–H and O–H groups in total. The molecule has 1 amide bonds. The summed E-state index contributed by atoms with van der Waals surface area (Å²) in [7, 11) is 1.63. The van der Waals surface area contributed by atoms with Crippen LogP contribution < -0.4 is 15.6 Å². The lowest BCUT2D eigenvalue weighted by Gasteiger charge is -2.16. The first-order valence-corrected chi connectivity index (χ1v) is 8.22. The van der Waals surface area contributed by atoms with Crippen LogP contribution in [0, 0.1) is 5.92 Å². The van der Waals surface area contributed by atoms with E-state index in [1.807, 2.05) is 24.3 Å². The first-order chi connectivity index (χ1) is 11.5. The number of benzene rings is 1. The van der Waals surface area contributed by atoms with Gasteiger partial charge in [-0.2, -0.15) is 0 Å². The van der Waals surface area contributed by atoms with E-state index in [4.69, 9.17) is 4.74 Å². The molecule has 128 valence electrons. The first kappa shape index (κ1) is 16.5. The first-order valence-electron chi connectivity index (χ1n) is 8.22. The topological polar surface area (TPSA) is 74.4 Å². The van der Waals surface area contributed by atoms with Crippen molar-refractivity contribution in [2.24, 2.45) is 5.92 Å². The van der Waals surface area contributed by atoms with Crippen LogP contribution in [0.2, 0.25) is 0 Å². The SMILES string of the molecule is COc1ccc2[nH]c(=O)c(CN3CC[C@H](CNC(C)=O)C3)cc2c1. The number of methoxy groups -OCH3 is 1. The standard InChI is InChI=1S/C18H23N3O3/c1-12(22)19-9-13-5-6-21(10-13)11-15-7-14-8-16(24-2)3-4-17(14)20-18(15)23/h3-4,7-8,13H,5-6,9-11H2,1-2H3,(H,19,22)(H,20,23)/t13-/m1/s1. The van der Waals surface area contributed by atoms with E-state index in [1.165, 1.54) is 6.92 Å². The van der Waals surface area contributed by atoms with Gasteiger partial charge < -0.3 is 15.0 Å². The summed E-state index contributed by atoms with van der Waals surface area (Å²) in [5.74, 6) is 1.24. The van der Waals surface area contributed by atoms with Crippen molar-refractivity contribution in [3.8, 4) is 5.75 Å². The third-order valence-corrected chi connectivity index (χ3v) is 4.53. The van der Waals surface area contributed by atoms with E-state index in [2.05, 4.69) is 15.2 Å². The zero-order chi connectivity index (χ0) is 17.1. The molecule has 24 heavy (non-hydrogen) atoms. The molecule has 1 aliphatic rings. The highest BCUT2D eigenvalue weighted by atomic mass is 16.5. The van der Waals surface area contributed by atoms with Gasteiger partial charge in [0, 0.05) is 43.0 Å². The number of likely N-dealkylation sites (tertiary alicyclic amines) is 1. The average Bonchev–Trinajstić information content (AvgIpc) is 3.01. The number of carbonyl (C=O) groups excluding carboxylic acids is 1. The molecule has 1 fully saturated rings. The molecule has 3 rings (SSSR count). The van der Waals surface area contributed by atoms with E-state index in [0.717, 1.165) is 41.7 Å². The van der Waals surface area contributed by atoms with Gasteiger partial charge in [-0.05, 0) is 43.1 Å². The molecule has 1 aromatic heterocycles. The maximum atomic E-state index is 12.3. The number of hydrogen-bond donors (Lipinski definition) is 2. The summed E-state index contributed by atoms with van der Waals surface area (Å²) in [6.45, 7) is 4.71. The highest BCUT2D eigenvalue weighted by Crippen LogP contribution is 2.21. The minimum atomic E-state index is -0.0435. The lowest BCUT2D eigenvalue weighted by molar-refractivity contribution is -0.119. The van der Waals surface area contributed by atoms with Gasteiger partial charge in [-0.15, -0.1) is 0 Å². The van der Waals surface area contributed by atoms with Gasteiger partial charge in [0.05, 0.1) is 7.11 Å². The number of aromatic amines is 1. The summed E-state index contributed by atoms with van der Waals surface area (Å²) < 4.78 is 5.25. The molecular formula is C18H23N3O3. The van der Waals surface area contributed by atoms with Gasteiger partial charge in [-0.3, -0.25) is 14.5 Å². The molecule has 2 heterocycles. The minimum absolute atomic E-state index is 0.00775. The maximum absolute atomic E-state index is 12.3. The lowest BCUT2D eigenvalue weighted by atomic mass is 10.1. The summed E-state index contributed by atoms with van der Waals surface area (Å²) in [6, 6.07) is 7.57. The van der Waals surface area contributed by atoms with Crippen LogP contribution in [0.4, 0.5) is 0 Å². The normalized spacial score (nSPS) is 18.0. The van der Waals surface area contributed by atoms with Crippen LogP contribution in [0.5, 0.6) is 5.75 Å². The van der Waals surface area contributed by atoms with Gasteiger partial charge in [0.2, 0.25) is 5.91 Å². The van der Waals surface area contributed by atoms with E-state index in [9.17, 15) is 9.59 Å². The summed E-state index contributed by atoms with van der Waals surface area (Å²) in [5.41, 5.74) is 1.53. The molecule has 0 spiro atoms.